The Morgan fingerprint density at radius 1 is 1.33 bits per heavy atom. The molecule has 0 bridgehead atoms. The second kappa shape index (κ2) is 8.14. The van der Waals surface area contributed by atoms with Crippen LogP contribution in [-0.4, -0.2) is 25.6 Å². The fourth-order valence-corrected chi connectivity index (χ4v) is 2.87. The van der Waals surface area contributed by atoms with Gasteiger partial charge in [-0.1, -0.05) is 18.2 Å². The van der Waals surface area contributed by atoms with Gasteiger partial charge in [-0.15, -0.1) is 11.3 Å². The van der Waals surface area contributed by atoms with Crippen LogP contribution in [0.5, 0.6) is 5.75 Å². The molecule has 5 heteroatoms. The predicted molar refractivity (Wildman–Crippen MR) is 84.7 cm³/mol. The lowest BCUT2D eigenvalue weighted by Gasteiger charge is -2.13. The minimum atomic E-state index is -0.476. The number of rotatable bonds is 8. The first kappa shape index (κ1) is 16.0. The first-order valence-electron chi connectivity index (χ1n) is 6.84. The summed E-state index contributed by atoms with van der Waals surface area (Å²) in [5.74, 6) is 0.799. The van der Waals surface area contributed by atoms with Gasteiger partial charge in [0.2, 0.25) is 0 Å². The molecule has 0 radical (unpaired) electrons. The number of aliphatic hydroxyl groups excluding tert-OH is 1. The van der Waals surface area contributed by atoms with Crippen molar-refractivity contribution in [3.8, 4) is 5.75 Å². The van der Waals surface area contributed by atoms with Gasteiger partial charge >= 0.3 is 0 Å². The maximum Gasteiger partial charge on any atom is 0.188 e. The number of aryl methyl sites for hydroxylation is 1. The van der Waals surface area contributed by atoms with Crippen molar-refractivity contribution in [3.63, 3.8) is 0 Å². The highest BCUT2D eigenvalue weighted by Gasteiger charge is 2.10. The summed E-state index contributed by atoms with van der Waals surface area (Å²) in [4.78, 5) is 0.990. The van der Waals surface area contributed by atoms with E-state index in [9.17, 15) is 5.11 Å². The van der Waals surface area contributed by atoms with E-state index < -0.39 is 6.10 Å². The number of benzene rings is 1. The van der Waals surface area contributed by atoms with Crippen LogP contribution >= 0.6 is 11.3 Å². The Labute approximate surface area is 129 Å². The summed E-state index contributed by atoms with van der Waals surface area (Å²) < 4.78 is 10.4. The zero-order valence-electron chi connectivity index (χ0n) is 12.3. The van der Waals surface area contributed by atoms with Crippen LogP contribution in [0.4, 0.5) is 0 Å². The average molecular weight is 307 g/mol. The van der Waals surface area contributed by atoms with Crippen molar-refractivity contribution >= 4 is 11.3 Å². The topological polar surface area (TPSA) is 50.7 Å². The molecule has 0 aliphatic rings. The second-order valence-electron chi connectivity index (χ2n) is 4.83. The summed E-state index contributed by atoms with van der Waals surface area (Å²) in [6, 6.07) is 9.83. The van der Waals surface area contributed by atoms with E-state index in [1.165, 1.54) is 5.56 Å². The van der Waals surface area contributed by atoms with Gasteiger partial charge in [0.25, 0.3) is 0 Å². The molecule has 1 heterocycles. The summed E-state index contributed by atoms with van der Waals surface area (Å²) >= 11 is 1.59. The quantitative estimate of drug-likeness (QED) is 0.736. The van der Waals surface area contributed by atoms with E-state index in [-0.39, 0.29) is 6.79 Å². The van der Waals surface area contributed by atoms with Gasteiger partial charge in [0.1, 0.15) is 11.9 Å². The molecule has 0 aliphatic heterocycles. The largest absolute Gasteiger partial charge is 0.467 e. The highest BCUT2D eigenvalue weighted by molar-refractivity contribution is 7.10. The molecule has 0 saturated carbocycles. The zero-order valence-corrected chi connectivity index (χ0v) is 13.2. The van der Waals surface area contributed by atoms with E-state index in [2.05, 4.69) is 5.32 Å². The number of hydrogen-bond donors (Lipinski definition) is 2. The maximum atomic E-state index is 10.1. The molecule has 1 atom stereocenters. The number of hydrogen-bond acceptors (Lipinski definition) is 5. The van der Waals surface area contributed by atoms with Crippen LogP contribution in [0.3, 0.4) is 0 Å². The summed E-state index contributed by atoms with van der Waals surface area (Å²) in [6.45, 7) is 3.41. The second-order valence-corrected chi connectivity index (χ2v) is 5.77. The number of ether oxygens (including phenoxy) is 2. The average Bonchev–Trinajstić information content (AvgIpc) is 2.93. The zero-order chi connectivity index (χ0) is 15.1. The summed E-state index contributed by atoms with van der Waals surface area (Å²) in [5, 5.41) is 15.4. The minimum absolute atomic E-state index is 0.230. The number of aliphatic hydroxyl groups is 1. The van der Waals surface area contributed by atoms with Crippen LogP contribution < -0.4 is 10.1 Å². The molecule has 1 aromatic carbocycles. The molecule has 0 unspecified atom stereocenters. The number of nitrogens with one attached hydrogen (secondary N) is 1. The van der Waals surface area contributed by atoms with Gasteiger partial charge in [-0.05, 0) is 30.0 Å². The van der Waals surface area contributed by atoms with Gasteiger partial charge in [0.15, 0.2) is 6.79 Å². The van der Waals surface area contributed by atoms with Crippen molar-refractivity contribution in [2.75, 3.05) is 20.4 Å². The molecule has 0 spiro atoms. The Kier molecular flexibility index (Phi) is 6.20. The monoisotopic (exact) mass is 307 g/mol. The van der Waals surface area contributed by atoms with Crippen LogP contribution in [0.2, 0.25) is 0 Å². The number of thiophene rings is 1. The van der Waals surface area contributed by atoms with Crippen molar-refractivity contribution in [1.82, 2.24) is 5.32 Å². The SMILES string of the molecule is COCOc1ccccc1CNC[C@@H](O)c1cc(C)cs1. The Morgan fingerprint density at radius 3 is 2.86 bits per heavy atom. The molecule has 2 N–H and O–H groups in total. The van der Waals surface area contributed by atoms with Crippen molar-refractivity contribution in [3.05, 3.63) is 51.7 Å². The lowest BCUT2D eigenvalue weighted by atomic mass is 10.2. The molecule has 2 rings (SSSR count). The molecule has 0 saturated heterocycles. The third-order valence-corrected chi connectivity index (χ3v) is 4.19. The molecule has 114 valence electrons. The van der Waals surface area contributed by atoms with Crippen LogP contribution in [0.25, 0.3) is 0 Å². The third-order valence-electron chi connectivity index (χ3n) is 3.04. The van der Waals surface area contributed by atoms with Gasteiger partial charge in [-0.3, -0.25) is 0 Å². The van der Waals surface area contributed by atoms with Crippen molar-refractivity contribution in [1.29, 1.82) is 0 Å². The summed E-state index contributed by atoms with van der Waals surface area (Å²) in [5.41, 5.74) is 2.23. The highest BCUT2D eigenvalue weighted by Crippen LogP contribution is 2.22. The van der Waals surface area contributed by atoms with E-state index in [1.807, 2.05) is 42.6 Å². The van der Waals surface area contributed by atoms with E-state index in [1.54, 1.807) is 18.4 Å². The Balaban J connectivity index is 1.85. The molecular formula is C16H21NO3S. The van der Waals surface area contributed by atoms with Crippen molar-refractivity contribution < 1.29 is 14.6 Å². The molecule has 0 amide bonds. The van der Waals surface area contributed by atoms with Gasteiger partial charge < -0.3 is 19.9 Å². The first-order chi connectivity index (χ1) is 10.2. The Morgan fingerprint density at radius 2 is 2.14 bits per heavy atom. The van der Waals surface area contributed by atoms with Gasteiger partial charge in [-0.25, -0.2) is 0 Å². The van der Waals surface area contributed by atoms with Gasteiger partial charge in [-0.2, -0.15) is 0 Å². The molecule has 0 aliphatic carbocycles. The predicted octanol–water partition coefficient (Wildman–Crippen LogP) is 2.86. The first-order valence-corrected chi connectivity index (χ1v) is 7.72. The van der Waals surface area contributed by atoms with Crippen LogP contribution in [0.1, 0.15) is 22.1 Å². The van der Waals surface area contributed by atoms with Crippen LogP contribution in [0, 0.1) is 6.92 Å². The van der Waals surface area contributed by atoms with Crippen molar-refractivity contribution in [2.45, 2.75) is 19.6 Å². The molecule has 4 nitrogen and oxygen atoms in total. The standard InChI is InChI=1S/C16H21NO3S/c1-12-7-16(21-10-12)14(18)9-17-8-13-5-3-4-6-15(13)20-11-19-2/h3-7,10,14,17-18H,8-9,11H2,1-2H3/t14-/m1/s1. The normalized spacial score (nSPS) is 12.3. The molecule has 2 aromatic rings. The van der Waals surface area contributed by atoms with E-state index >= 15 is 0 Å². The summed E-state index contributed by atoms with van der Waals surface area (Å²) in [6.07, 6.45) is -0.476. The Hall–Kier alpha value is -1.40. The summed E-state index contributed by atoms with van der Waals surface area (Å²) in [7, 11) is 1.60. The highest BCUT2D eigenvalue weighted by atomic mass is 32.1. The van der Waals surface area contributed by atoms with Crippen molar-refractivity contribution in [2.24, 2.45) is 0 Å². The lowest BCUT2D eigenvalue weighted by molar-refractivity contribution is 0.0503. The maximum absolute atomic E-state index is 10.1. The lowest BCUT2D eigenvalue weighted by Crippen LogP contribution is -2.21. The molecule has 0 fully saturated rings. The smallest absolute Gasteiger partial charge is 0.188 e. The number of para-hydroxylation sites is 1. The molecule has 1 aromatic heterocycles. The fraction of sp³-hybridized carbons (Fsp3) is 0.375. The van der Waals surface area contributed by atoms with Crippen LogP contribution in [0.15, 0.2) is 35.7 Å². The fourth-order valence-electron chi connectivity index (χ4n) is 1.99. The Bertz CT molecular complexity index is 556. The van der Waals surface area contributed by atoms with Crippen LogP contribution in [-0.2, 0) is 11.3 Å². The molecular weight excluding hydrogens is 286 g/mol. The minimum Gasteiger partial charge on any atom is -0.467 e. The van der Waals surface area contributed by atoms with E-state index in [0.717, 1.165) is 16.2 Å². The molecule has 21 heavy (non-hydrogen) atoms. The van der Waals surface area contributed by atoms with Gasteiger partial charge in [0, 0.05) is 30.6 Å². The number of methoxy groups -OCH3 is 1. The third kappa shape index (κ3) is 4.82. The van der Waals surface area contributed by atoms with E-state index in [0.29, 0.717) is 13.1 Å². The van der Waals surface area contributed by atoms with Gasteiger partial charge in [0.05, 0.1) is 0 Å². The van der Waals surface area contributed by atoms with E-state index in [4.69, 9.17) is 9.47 Å².